The van der Waals surface area contributed by atoms with E-state index in [1.165, 1.54) is 51.9 Å². The first-order chi connectivity index (χ1) is 11.1. The van der Waals surface area contributed by atoms with Gasteiger partial charge in [-0.3, -0.25) is 9.59 Å². The van der Waals surface area contributed by atoms with Crippen molar-refractivity contribution in [1.82, 2.24) is 0 Å². The monoisotopic (exact) mass is 330 g/mol. The van der Waals surface area contributed by atoms with Crippen LogP contribution < -0.4 is 0 Å². The summed E-state index contributed by atoms with van der Waals surface area (Å²) in [5.41, 5.74) is 0. The molecule has 0 radical (unpaired) electrons. The predicted octanol–water partition coefficient (Wildman–Crippen LogP) is 3.76. The molecular formula is C18H34O5. The lowest BCUT2D eigenvalue weighted by molar-refractivity contribution is -0.160. The van der Waals surface area contributed by atoms with Crippen LogP contribution in [0, 0.1) is 0 Å². The molecule has 0 aromatic carbocycles. The van der Waals surface area contributed by atoms with E-state index in [9.17, 15) is 9.59 Å². The maximum absolute atomic E-state index is 11.6. The first-order valence-corrected chi connectivity index (χ1v) is 9.03. The molecule has 1 unspecified atom stereocenters. The van der Waals surface area contributed by atoms with Crippen molar-refractivity contribution >= 4 is 11.9 Å². The summed E-state index contributed by atoms with van der Waals surface area (Å²) >= 11 is 0. The molecule has 0 rings (SSSR count). The number of rotatable bonds is 15. The third kappa shape index (κ3) is 15.6. The molecule has 0 saturated carbocycles. The number of hydrogen-bond acceptors (Lipinski definition) is 5. The average molecular weight is 330 g/mol. The van der Waals surface area contributed by atoms with Crippen LogP contribution >= 0.6 is 0 Å². The summed E-state index contributed by atoms with van der Waals surface area (Å²) in [4.78, 5) is 22.3. The molecule has 0 aliphatic rings. The van der Waals surface area contributed by atoms with Gasteiger partial charge in [0.2, 0.25) is 0 Å². The van der Waals surface area contributed by atoms with Crippen molar-refractivity contribution in [3.8, 4) is 0 Å². The summed E-state index contributed by atoms with van der Waals surface area (Å²) in [7, 11) is 0. The Kier molecular flexibility index (Phi) is 15.0. The third-order valence-corrected chi connectivity index (χ3v) is 3.71. The van der Waals surface area contributed by atoms with Gasteiger partial charge < -0.3 is 14.6 Å². The van der Waals surface area contributed by atoms with E-state index in [-0.39, 0.29) is 19.2 Å². The van der Waals surface area contributed by atoms with Crippen molar-refractivity contribution in [2.75, 3.05) is 13.2 Å². The van der Waals surface area contributed by atoms with Crippen molar-refractivity contribution in [2.24, 2.45) is 0 Å². The third-order valence-electron chi connectivity index (χ3n) is 3.71. The van der Waals surface area contributed by atoms with Crippen molar-refractivity contribution in [3.05, 3.63) is 0 Å². The number of aliphatic hydroxyl groups is 1. The lowest BCUT2D eigenvalue weighted by Gasteiger charge is -2.15. The lowest BCUT2D eigenvalue weighted by atomic mass is 10.1. The van der Waals surface area contributed by atoms with E-state index in [2.05, 4.69) is 6.92 Å². The summed E-state index contributed by atoms with van der Waals surface area (Å²) in [6.45, 7) is 3.08. The number of hydrogen-bond donors (Lipinski definition) is 1. The first-order valence-electron chi connectivity index (χ1n) is 9.03. The Labute approximate surface area is 140 Å². The lowest BCUT2D eigenvalue weighted by Crippen LogP contribution is -2.28. The second kappa shape index (κ2) is 15.8. The number of aliphatic hydroxyl groups excluding tert-OH is 1. The largest absolute Gasteiger partial charge is 0.462 e. The minimum atomic E-state index is -0.755. The Bertz CT molecular complexity index is 304. The van der Waals surface area contributed by atoms with Crippen LogP contribution in [0.1, 0.15) is 84.5 Å². The minimum Gasteiger partial charge on any atom is -0.462 e. The van der Waals surface area contributed by atoms with E-state index in [1.807, 2.05) is 0 Å². The van der Waals surface area contributed by atoms with Crippen LogP contribution in [0.5, 0.6) is 0 Å². The van der Waals surface area contributed by atoms with Gasteiger partial charge in [-0.2, -0.15) is 0 Å². The van der Waals surface area contributed by atoms with Crippen molar-refractivity contribution < 1.29 is 24.2 Å². The molecule has 136 valence electrons. The normalized spacial score (nSPS) is 12.0. The highest BCUT2D eigenvalue weighted by Gasteiger charge is 2.14. The Morgan fingerprint density at radius 3 is 1.91 bits per heavy atom. The Morgan fingerprint density at radius 1 is 0.913 bits per heavy atom. The number of carbonyl (C=O) groups excluding carboxylic acids is 2. The SMILES string of the molecule is CCCCCCCCCCCCC(=O)OC(CO)COC(C)=O. The zero-order valence-electron chi connectivity index (χ0n) is 14.8. The highest BCUT2D eigenvalue weighted by Crippen LogP contribution is 2.11. The second-order valence-corrected chi connectivity index (χ2v) is 6.03. The Balaban J connectivity index is 3.46. The van der Waals surface area contributed by atoms with Crippen LogP contribution in [0.2, 0.25) is 0 Å². The van der Waals surface area contributed by atoms with Crippen LogP contribution in [0.3, 0.4) is 0 Å². The van der Waals surface area contributed by atoms with E-state index in [1.54, 1.807) is 0 Å². The fraction of sp³-hybridized carbons (Fsp3) is 0.889. The van der Waals surface area contributed by atoms with E-state index in [0.29, 0.717) is 6.42 Å². The number of ether oxygens (including phenoxy) is 2. The van der Waals surface area contributed by atoms with Gasteiger partial charge in [-0.25, -0.2) is 0 Å². The molecule has 5 heteroatoms. The topological polar surface area (TPSA) is 72.8 Å². The molecule has 5 nitrogen and oxygen atoms in total. The van der Waals surface area contributed by atoms with E-state index in [4.69, 9.17) is 14.6 Å². The first kappa shape index (κ1) is 21.9. The minimum absolute atomic E-state index is 0.0877. The summed E-state index contributed by atoms with van der Waals surface area (Å²) in [6, 6.07) is 0. The number of unbranched alkanes of at least 4 members (excludes halogenated alkanes) is 9. The molecule has 0 aliphatic heterocycles. The van der Waals surface area contributed by atoms with Crippen LogP contribution in [0.15, 0.2) is 0 Å². The fourth-order valence-corrected chi connectivity index (χ4v) is 2.34. The maximum Gasteiger partial charge on any atom is 0.306 e. The summed E-state index contributed by atoms with van der Waals surface area (Å²) in [5, 5.41) is 9.07. The zero-order valence-corrected chi connectivity index (χ0v) is 14.8. The molecule has 0 saturated heterocycles. The van der Waals surface area contributed by atoms with Gasteiger partial charge in [0, 0.05) is 13.3 Å². The van der Waals surface area contributed by atoms with Gasteiger partial charge in [-0.15, -0.1) is 0 Å². The zero-order chi connectivity index (χ0) is 17.3. The standard InChI is InChI=1S/C18H34O5/c1-3-4-5-6-7-8-9-10-11-12-13-18(21)23-17(14-19)15-22-16(2)20/h17,19H,3-15H2,1-2H3. The van der Waals surface area contributed by atoms with Gasteiger partial charge >= 0.3 is 11.9 Å². The van der Waals surface area contributed by atoms with Gasteiger partial charge in [-0.1, -0.05) is 64.7 Å². The highest BCUT2D eigenvalue weighted by atomic mass is 16.6. The Hall–Kier alpha value is -1.10. The van der Waals surface area contributed by atoms with Crippen molar-refractivity contribution in [1.29, 1.82) is 0 Å². The van der Waals surface area contributed by atoms with Gasteiger partial charge in [0.15, 0.2) is 6.10 Å². The van der Waals surface area contributed by atoms with Crippen molar-refractivity contribution in [3.63, 3.8) is 0 Å². The van der Waals surface area contributed by atoms with Crippen LogP contribution in [0.4, 0.5) is 0 Å². The number of esters is 2. The van der Waals surface area contributed by atoms with Crippen LogP contribution in [-0.2, 0) is 19.1 Å². The molecule has 0 bridgehead atoms. The van der Waals surface area contributed by atoms with Gasteiger partial charge in [0.05, 0.1) is 6.61 Å². The highest BCUT2D eigenvalue weighted by molar-refractivity contribution is 5.69. The quantitative estimate of drug-likeness (QED) is 0.365. The van der Waals surface area contributed by atoms with Crippen molar-refractivity contribution in [2.45, 2.75) is 90.6 Å². The maximum atomic E-state index is 11.6. The average Bonchev–Trinajstić information content (AvgIpc) is 2.53. The summed E-state index contributed by atoms with van der Waals surface area (Å²) in [5.74, 6) is -0.787. The van der Waals surface area contributed by atoms with E-state index < -0.39 is 12.1 Å². The van der Waals surface area contributed by atoms with Gasteiger partial charge in [0.1, 0.15) is 6.61 Å². The smallest absolute Gasteiger partial charge is 0.306 e. The molecule has 0 fully saturated rings. The second-order valence-electron chi connectivity index (χ2n) is 6.03. The molecule has 0 aromatic rings. The number of carbonyl (C=O) groups is 2. The van der Waals surface area contributed by atoms with Gasteiger partial charge in [0.25, 0.3) is 0 Å². The van der Waals surface area contributed by atoms with Crippen LogP contribution in [-0.4, -0.2) is 36.4 Å². The molecule has 0 spiro atoms. The summed E-state index contributed by atoms with van der Waals surface area (Å²) < 4.78 is 9.79. The molecule has 0 aliphatic carbocycles. The molecule has 23 heavy (non-hydrogen) atoms. The molecule has 0 heterocycles. The molecule has 0 amide bonds. The fourth-order valence-electron chi connectivity index (χ4n) is 2.34. The molecular weight excluding hydrogens is 296 g/mol. The summed E-state index contributed by atoms with van der Waals surface area (Å²) in [6.07, 6.45) is 11.7. The molecule has 1 N–H and O–H groups in total. The Morgan fingerprint density at radius 2 is 1.43 bits per heavy atom. The molecule has 1 atom stereocenters. The molecule has 0 aromatic heterocycles. The predicted molar refractivity (Wildman–Crippen MR) is 90.1 cm³/mol. The van der Waals surface area contributed by atoms with Gasteiger partial charge in [-0.05, 0) is 6.42 Å². The van der Waals surface area contributed by atoms with E-state index >= 15 is 0 Å². The van der Waals surface area contributed by atoms with Crippen LogP contribution in [0.25, 0.3) is 0 Å². The van der Waals surface area contributed by atoms with E-state index in [0.717, 1.165) is 19.3 Å².